The summed E-state index contributed by atoms with van der Waals surface area (Å²) in [6, 6.07) is 2.47. The van der Waals surface area contributed by atoms with E-state index >= 15 is 0 Å². The molecule has 0 rings (SSSR count). The van der Waals surface area contributed by atoms with E-state index in [1.54, 1.807) is 0 Å². The Bertz CT molecular complexity index is 496. The third-order valence-corrected chi connectivity index (χ3v) is 19.3. The minimum Gasteiger partial charge on any atom is -0.311 e. The first-order valence-electron chi connectivity index (χ1n) is 18.8. The third kappa shape index (κ3) is 24.7. The molecule has 0 aromatic carbocycles. The molecule has 0 aromatic rings. The summed E-state index contributed by atoms with van der Waals surface area (Å²) >= 11 is 0. The van der Waals surface area contributed by atoms with Gasteiger partial charge in [-0.05, 0) is 0 Å². The van der Waals surface area contributed by atoms with Gasteiger partial charge in [-0.3, -0.25) is 0 Å². The lowest BCUT2D eigenvalue weighted by Gasteiger charge is -2.31. The summed E-state index contributed by atoms with van der Waals surface area (Å²) in [4.78, 5) is 13.5. The zero-order chi connectivity index (χ0) is 29.8. The Morgan fingerprint density at radius 2 is 0.500 bits per heavy atom. The summed E-state index contributed by atoms with van der Waals surface area (Å²) < 4.78 is 0. The van der Waals surface area contributed by atoms with Crippen molar-refractivity contribution in [1.82, 2.24) is 0 Å². The lowest BCUT2D eigenvalue weighted by atomic mass is 10.0. The largest absolute Gasteiger partial charge is 0.311 e. The Morgan fingerprint density at radius 3 is 0.700 bits per heavy atom. The molecule has 0 aliphatic heterocycles. The van der Waals surface area contributed by atoms with Gasteiger partial charge in [0.05, 0.1) is 5.03 Å². The Labute approximate surface area is 257 Å². The fourth-order valence-corrected chi connectivity index (χ4v) is 17.5. The number of unbranched alkanes of at least 4 members (excludes halogenated alkanes) is 26. The molecule has 0 aromatic heterocycles. The Morgan fingerprint density at radius 1 is 0.325 bits per heavy atom. The Balaban J connectivity index is 3.71. The molecule has 0 saturated carbocycles. The minimum absolute atomic E-state index is 0.782. The van der Waals surface area contributed by atoms with Crippen LogP contribution in [0.2, 0.25) is 38.3 Å². The second-order valence-electron chi connectivity index (χ2n) is 14.8. The maximum atomic E-state index is 13.5. The molecule has 0 N–H and O–H groups in total. The van der Waals surface area contributed by atoms with Crippen LogP contribution < -0.4 is 0 Å². The summed E-state index contributed by atoms with van der Waals surface area (Å²) in [5.41, 5.74) is 0. The van der Waals surface area contributed by atoms with Crippen LogP contribution in [0.3, 0.4) is 0 Å². The molecule has 0 fully saturated rings. The highest BCUT2D eigenvalue weighted by molar-refractivity contribution is 7.31. The first-order chi connectivity index (χ1) is 19.3. The van der Waals surface area contributed by atoms with E-state index in [1.165, 1.54) is 192 Å². The van der Waals surface area contributed by atoms with Gasteiger partial charge in [0.1, 0.15) is 16.1 Å². The summed E-state index contributed by atoms with van der Waals surface area (Å²) in [7, 11) is -3.46. The van der Waals surface area contributed by atoms with Gasteiger partial charge in [-0.15, -0.1) is 0 Å². The van der Waals surface area contributed by atoms with E-state index in [0.29, 0.717) is 0 Å². The predicted octanol–water partition coefficient (Wildman–Crippen LogP) is 14.6. The Hall–Kier alpha value is 0.104. The highest BCUT2D eigenvalue weighted by atomic mass is 28.4. The molecule has 0 aliphatic rings. The zero-order valence-electron chi connectivity index (χ0n) is 29.1. The minimum atomic E-state index is -1.73. The van der Waals surface area contributed by atoms with Crippen molar-refractivity contribution in [2.45, 2.75) is 232 Å². The van der Waals surface area contributed by atoms with Gasteiger partial charge < -0.3 is 4.79 Å². The molecule has 240 valence electrons. The van der Waals surface area contributed by atoms with Crippen LogP contribution in [0.25, 0.3) is 0 Å². The van der Waals surface area contributed by atoms with E-state index in [0.717, 1.165) is 5.03 Å². The molecule has 0 unspecified atom stereocenters. The van der Waals surface area contributed by atoms with Crippen molar-refractivity contribution < 1.29 is 4.79 Å². The molecule has 0 saturated heterocycles. The summed E-state index contributed by atoms with van der Waals surface area (Å²) in [6.07, 6.45) is 39.6. The standard InChI is InChI=1S/C37H78OSi2/c1-7-9-11-13-15-17-19-21-23-25-27-29-31-33-35-39(3,4)37(38)40(5,6)36-34-32-30-28-26-24-22-20-18-16-14-12-10-8-2/h7-36H2,1-6H3. The van der Waals surface area contributed by atoms with Crippen molar-refractivity contribution in [3.8, 4) is 0 Å². The average molecular weight is 595 g/mol. The number of rotatable bonds is 32. The van der Waals surface area contributed by atoms with E-state index < -0.39 is 16.1 Å². The number of carbonyl (C=O) groups excluding carboxylic acids is 1. The molecular weight excluding hydrogens is 517 g/mol. The van der Waals surface area contributed by atoms with Gasteiger partial charge in [-0.2, -0.15) is 0 Å². The van der Waals surface area contributed by atoms with Crippen LogP contribution in [-0.2, 0) is 0 Å². The molecular formula is C37H78OSi2. The quantitative estimate of drug-likeness (QED) is 0.0559. The van der Waals surface area contributed by atoms with Crippen molar-refractivity contribution in [3.05, 3.63) is 0 Å². The molecule has 40 heavy (non-hydrogen) atoms. The van der Waals surface area contributed by atoms with Crippen LogP contribution >= 0.6 is 0 Å². The molecule has 0 amide bonds. The summed E-state index contributed by atoms with van der Waals surface area (Å²) in [5, 5.41) is 0.782. The second-order valence-corrected chi connectivity index (χ2v) is 24.7. The van der Waals surface area contributed by atoms with Gasteiger partial charge >= 0.3 is 0 Å². The van der Waals surface area contributed by atoms with Crippen molar-refractivity contribution in [2.75, 3.05) is 0 Å². The Kier molecular flexibility index (Phi) is 28.0. The number of hydrogen-bond acceptors (Lipinski definition) is 1. The van der Waals surface area contributed by atoms with E-state index in [2.05, 4.69) is 40.0 Å². The van der Waals surface area contributed by atoms with Crippen LogP contribution in [0, 0.1) is 0 Å². The fraction of sp³-hybridized carbons (Fsp3) is 0.973. The van der Waals surface area contributed by atoms with Crippen molar-refractivity contribution in [3.63, 3.8) is 0 Å². The van der Waals surface area contributed by atoms with E-state index in [4.69, 9.17) is 0 Å². The maximum Gasteiger partial charge on any atom is 0.120 e. The van der Waals surface area contributed by atoms with Gasteiger partial charge in [0, 0.05) is 0 Å². The molecule has 0 heterocycles. The van der Waals surface area contributed by atoms with Gasteiger partial charge in [-0.1, -0.05) is 232 Å². The van der Waals surface area contributed by atoms with Crippen LogP contribution in [0.1, 0.15) is 194 Å². The molecule has 0 bridgehead atoms. The zero-order valence-corrected chi connectivity index (χ0v) is 31.1. The van der Waals surface area contributed by atoms with Crippen molar-refractivity contribution in [1.29, 1.82) is 0 Å². The van der Waals surface area contributed by atoms with Crippen LogP contribution in [0.15, 0.2) is 0 Å². The predicted molar refractivity (Wildman–Crippen MR) is 191 cm³/mol. The lowest BCUT2D eigenvalue weighted by molar-refractivity contribution is 0.271. The van der Waals surface area contributed by atoms with Gasteiger partial charge in [0.25, 0.3) is 0 Å². The first-order valence-corrected chi connectivity index (χ1v) is 25.2. The summed E-state index contributed by atoms with van der Waals surface area (Å²) in [5.74, 6) is 0. The van der Waals surface area contributed by atoms with Crippen molar-refractivity contribution in [2.24, 2.45) is 0 Å². The normalized spacial score (nSPS) is 12.3. The smallest absolute Gasteiger partial charge is 0.120 e. The summed E-state index contributed by atoms with van der Waals surface area (Å²) in [6.45, 7) is 14.1. The average Bonchev–Trinajstić information content (AvgIpc) is 2.93. The monoisotopic (exact) mass is 595 g/mol. The first kappa shape index (κ1) is 40.1. The molecule has 0 aliphatic carbocycles. The highest BCUT2D eigenvalue weighted by Gasteiger charge is 2.40. The molecule has 3 heteroatoms. The number of hydrogen-bond donors (Lipinski definition) is 0. The van der Waals surface area contributed by atoms with E-state index in [1.807, 2.05) is 0 Å². The SMILES string of the molecule is CCCCCCCCCCCCCCCC[Si](C)(C)C(=O)[Si](C)(C)CCCCCCCCCCCCCCCC. The maximum absolute atomic E-state index is 13.5. The highest BCUT2D eigenvalue weighted by Crippen LogP contribution is 2.27. The number of carbonyl (C=O) groups is 1. The molecule has 1 nitrogen and oxygen atoms in total. The van der Waals surface area contributed by atoms with Crippen LogP contribution in [0.5, 0.6) is 0 Å². The van der Waals surface area contributed by atoms with Gasteiger partial charge in [0.2, 0.25) is 0 Å². The van der Waals surface area contributed by atoms with Crippen LogP contribution in [-0.4, -0.2) is 21.2 Å². The van der Waals surface area contributed by atoms with Gasteiger partial charge in [-0.25, -0.2) is 0 Å². The fourth-order valence-electron chi connectivity index (χ4n) is 6.67. The molecule has 0 spiro atoms. The van der Waals surface area contributed by atoms with Gasteiger partial charge in [0.15, 0.2) is 0 Å². The van der Waals surface area contributed by atoms with E-state index in [9.17, 15) is 4.79 Å². The molecule has 0 radical (unpaired) electrons. The third-order valence-electron chi connectivity index (χ3n) is 9.54. The van der Waals surface area contributed by atoms with E-state index in [-0.39, 0.29) is 0 Å². The van der Waals surface area contributed by atoms with Crippen molar-refractivity contribution >= 4 is 21.2 Å². The topological polar surface area (TPSA) is 17.1 Å². The van der Waals surface area contributed by atoms with Crippen LogP contribution in [0.4, 0.5) is 4.79 Å². The molecule has 0 atom stereocenters. The second kappa shape index (κ2) is 27.9. The lowest BCUT2D eigenvalue weighted by Crippen LogP contribution is -2.52.